The molecule has 0 aliphatic rings. The smallest absolute Gasteiger partial charge is 0.338 e. The van der Waals surface area contributed by atoms with Crippen molar-refractivity contribution in [3.8, 4) is 5.75 Å². The number of nitrogens with one attached hydrogen (secondary N) is 1. The first-order chi connectivity index (χ1) is 17.3. The lowest BCUT2D eigenvalue weighted by Gasteiger charge is -2.10. The highest BCUT2D eigenvalue weighted by Gasteiger charge is 2.15. The largest absolute Gasteiger partial charge is 0.492 e. The van der Waals surface area contributed by atoms with Crippen LogP contribution in [-0.4, -0.2) is 45.6 Å². The van der Waals surface area contributed by atoms with Gasteiger partial charge in [0.15, 0.2) is 5.16 Å². The van der Waals surface area contributed by atoms with Crippen LogP contribution in [0.4, 0.5) is 5.69 Å². The summed E-state index contributed by atoms with van der Waals surface area (Å²) in [6.07, 6.45) is 1.35. The number of hydrogen-bond acceptors (Lipinski definition) is 7. The van der Waals surface area contributed by atoms with E-state index in [2.05, 4.69) is 15.5 Å². The molecule has 0 spiro atoms. The average Bonchev–Trinajstić information content (AvgIpc) is 3.24. The van der Waals surface area contributed by atoms with Crippen molar-refractivity contribution in [1.29, 1.82) is 0 Å². The van der Waals surface area contributed by atoms with Gasteiger partial charge in [-0.2, -0.15) is 0 Å². The van der Waals surface area contributed by atoms with Crippen LogP contribution in [0.3, 0.4) is 0 Å². The zero-order valence-electron chi connectivity index (χ0n) is 19.7. The van der Waals surface area contributed by atoms with E-state index >= 15 is 0 Å². The van der Waals surface area contributed by atoms with E-state index in [0.717, 1.165) is 5.82 Å². The Kier molecular flexibility index (Phi) is 10.7. The standard InChI is InChI=1S/C24H25Cl3N4O4S/c1-3-31-21(6-5-11-35-20-10-8-16(25)13-18(20)27)29-30-24(31)36-14-22(32)28-19-12-15(7-9-17(19)26)23(33)34-4-2/h7-10,12-13H,3-6,11,14H2,1-2H3,(H,28,32). The highest BCUT2D eigenvalue weighted by molar-refractivity contribution is 7.99. The summed E-state index contributed by atoms with van der Waals surface area (Å²) >= 11 is 19.5. The number of ether oxygens (including phenoxy) is 2. The SMILES string of the molecule is CCOC(=O)c1ccc(Cl)c(NC(=O)CSc2nnc(CCCOc3ccc(Cl)cc3Cl)n2CC)c1. The number of anilines is 1. The molecule has 3 rings (SSSR count). The first-order valence-corrected chi connectivity index (χ1v) is 13.3. The van der Waals surface area contributed by atoms with Crippen LogP contribution >= 0.6 is 46.6 Å². The summed E-state index contributed by atoms with van der Waals surface area (Å²) in [6, 6.07) is 9.68. The fourth-order valence-electron chi connectivity index (χ4n) is 3.21. The molecule has 0 saturated carbocycles. The van der Waals surface area contributed by atoms with Crippen LogP contribution in [0.2, 0.25) is 15.1 Å². The Morgan fingerprint density at radius 2 is 1.86 bits per heavy atom. The number of thioether (sulfide) groups is 1. The van der Waals surface area contributed by atoms with Gasteiger partial charge in [-0.25, -0.2) is 4.79 Å². The summed E-state index contributed by atoms with van der Waals surface area (Å²) in [7, 11) is 0. The summed E-state index contributed by atoms with van der Waals surface area (Å²) in [4.78, 5) is 24.5. The van der Waals surface area contributed by atoms with Gasteiger partial charge in [-0.3, -0.25) is 4.79 Å². The number of carbonyl (C=O) groups excluding carboxylic acids is 2. The molecule has 36 heavy (non-hydrogen) atoms. The molecule has 0 saturated heterocycles. The van der Waals surface area contributed by atoms with Crippen molar-refractivity contribution in [3.63, 3.8) is 0 Å². The number of rotatable bonds is 12. The molecule has 1 amide bonds. The predicted molar refractivity (Wildman–Crippen MR) is 143 cm³/mol. The van der Waals surface area contributed by atoms with Crippen molar-refractivity contribution in [2.45, 2.75) is 38.4 Å². The number of aromatic nitrogens is 3. The molecule has 1 N–H and O–H groups in total. The maximum atomic E-state index is 12.5. The third-order valence-electron chi connectivity index (χ3n) is 4.89. The summed E-state index contributed by atoms with van der Waals surface area (Å²) in [6.45, 7) is 5.07. The molecule has 0 bridgehead atoms. The molecular formula is C24H25Cl3N4O4S. The van der Waals surface area contributed by atoms with Gasteiger partial charge in [0.25, 0.3) is 0 Å². The second-order valence-electron chi connectivity index (χ2n) is 7.42. The Morgan fingerprint density at radius 3 is 2.58 bits per heavy atom. The second-order valence-corrected chi connectivity index (χ2v) is 9.62. The molecule has 0 radical (unpaired) electrons. The van der Waals surface area contributed by atoms with Crippen molar-refractivity contribution < 1.29 is 19.1 Å². The van der Waals surface area contributed by atoms with E-state index in [1.54, 1.807) is 37.3 Å². The Hall–Kier alpha value is -2.46. The lowest BCUT2D eigenvalue weighted by molar-refractivity contribution is -0.113. The molecule has 192 valence electrons. The Labute approximate surface area is 228 Å². The predicted octanol–water partition coefficient (Wildman–Crippen LogP) is 6.18. The Morgan fingerprint density at radius 1 is 1.06 bits per heavy atom. The molecule has 8 nitrogen and oxygen atoms in total. The number of hydrogen-bond donors (Lipinski definition) is 1. The number of halogens is 3. The third kappa shape index (κ3) is 7.77. The molecule has 1 heterocycles. The first-order valence-electron chi connectivity index (χ1n) is 11.2. The quantitative estimate of drug-likeness (QED) is 0.158. The zero-order valence-corrected chi connectivity index (χ0v) is 22.8. The van der Waals surface area contributed by atoms with Crippen molar-refractivity contribution in [2.24, 2.45) is 0 Å². The number of benzene rings is 2. The first kappa shape index (κ1) is 28.1. The summed E-state index contributed by atoms with van der Waals surface area (Å²) in [5.41, 5.74) is 0.646. The molecule has 3 aromatic rings. The molecule has 0 unspecified atom stereocenters. The van der Waals surface area contributed by atoms with Gasteiger partial charge in [-0.05, 0) is 56.7 Å². The van der Waals surface area contributed by atoms with Crippen LogP contribution in [-0.2, 0) is 22.5 Å². The molecule has 0 atom stereocenters. The van der Waals surface area contributed by atoms with E-state index in [9.17, 15) is 9.59 Å². The second kappa shape index (κ2) is 13.7. The minimum absolute atomic E-state index is 0.0935. The van der Waals surface area contributed by atoms with Crippen molar-refractivity contribution in [1.82, 2.24) is 14.8 Å². The zero-order chi connectivity index (χ0) is 26.1. The molecule has 0 aliphatic heterocycles. The van der Waals surface area contributed by atoms with Crippen molar-refractivity contribution >= 4 is 64.1 Å². The Balaban J connectivity index is 1.52. The fraction of sp³-hybridized carbons (Fsp3) is 0.333. The Bertz CT molecular complexity index is 1220. The number of aryl methyl sites for hydroxylation is 1. The van der Waals surface area contributed by atoms with Gasteiger partial charge in [0.1, 0.15) is 11.6 Å². The van der Waals surface area contributed by atoms with Gasteiger partial charge in [0, 0.05) is 18.0 Å². The minimum atomic E-state index is -0.482. The molecule has 0 aliphatic carbocycles. The lowest BCUT2D eigenvalue weighted by atomic mass is 10.2. The van der Waals surface area contributed by atoms with E-state index in [1.807, 2.05) is 11.5 Å². The lowest BCUT2D eigenvalue weighted by Crippen LogP contribution is -2.16. The summed E-state index contributed by atoms with van der Waals surface area (Å²) in [5.74, 6) is 0.702. The summed E-state index contributed by atoms with van der Waals surface area (Å²) < 4.78 is 12.7. The van der Waals surface area contributed by atoms with Crippen LogP contribution in [0.5, 0.6) is 5.75 Å². The van der Waals surface area contributed by atoms with Crippen LogP contribution in [0.15, 0.2) is 41.6 Å². The van der Waals surface area contributed by atoms with E-state index < -0.39 is 5.97 Å². The number of nitrogens with zero attached hydrogens (tertiary/aromatic N) is 3. The van der Waals surface area contributed by atoms with Crippen molar-refractivity contribution in [3.05, 3.63) is 62.9 Å². The highest BCUT2D eigenvalue weighted by atomic mass is 35.5. The number of amides is 1. The van der Waals surface area contributed by atoms with Gasteiger partial charge in [-0.15, -0.1) is 10.2 Å². The highest BCUT2D eigenvalue weighted by Crippen LogP contribution is 2.28. The molecule has 0 fully saturated rings. The van der Waals surface area contributed by atoms with Gasteiger partial charge >= 0.3 is 5.97 Å². The average molecular weight is 572 g/mol. The van der Waals surface area contributed by atoms with E-state index in [1.165, 1.54) is 17.8 Å². The third-order valence-corrected chi connectivity index (χ3v) is 6.72. The van der Waals surface area contributed by atoms with Crippen LogP contribution in [0.25, 0.3) is 0 Å². The maximum absolute atomic E-state index is 12.5. The normalized spacial score (nSPS) is 10.8. The molecular weight excluding hydrogens is 547 g/mol. The number of carbonyl (C=O) groups is 2. The van der Waals surface area contributed by atoms with Crippen LogP contribution < -0.4 is 10.1 Å². The minimum Gasteiger partial charge on any atom is -0.492 e. The van der Waals surface area contributed by atoms with Gasteiger partial charge in [-0.1, -0.05) is 46.6 Å². The number of esters is 1. The van der Waals surface area contributed by atoms with E-state index in [-0.39, 0.29) is 18.3 Å². The molecule has 2 aromatic carbocycles. The molecule has 12 heteroatoms. The van der Waals surface area contributed by atoms with E-state index in [4.69, 9.17) is 44.3 Å². The van der Waals surface area contributed by atoms with Crippen LogP contribution in [0, 0.1) is 0 Å². The van der Waals surface area contributed by atoms with Crippen molar-refractivity contribution in [2.75, 3.05) is 24.3 Å². The fourth-order valence-corrected chi connectivity index (χ4v) is 4.66. The van der Waals surface area contributed by atoms with Crippen LogP contribution in [0.1, 0.15) is 36.5 Å². The van der Waals surface area contributed by atoms with Gasteiger partial charge in [0.05, 0.1) is 40.3 Å². The van der Waals surface area contributed by atoms with Gasteiger partial charge in [0.2, 0.25) is 5.91 Å². The van der Waals surface area contributed by atoms with Gasteiger partial charge < -0.3 is 19.4 Å². The topological polar surface area (TPSA) is 95.3 Å². The van der Waals surface area contributed by atoms with E-state index in [0.29, 0.717) is 63.2 Å². The molecule has 1 aromatic heterocycles. The monoisotopic (exact) mass is 570 g/mol. The maximum Gasteiger partial charge on any atom is 0.338 e. The summed E-state index contributed by atoms with van der Waals surface area (Å²) in [5, 5.41) is 13.2.